The second-order valence-electron chi connectivity index (χ2n) is 8.74. The number of hydrogen-bond acceptors (Lipinski definition) is 6. The number of aliphatic hydroxyl groups excluding tert-OH is 1. The molecule has 5 rings (SSSR count). The van der Waals surface area contributed by atoms with Crippen LogP contribution in [0.15, 0.2) is 47.0 Å². The minimum Gasteiger partial charge on any atom is -0.490 e. The number of nitrogens with zero attached hydrogens (tertiary/aromatic N) is 2. The first-order valence-electron chi connectivity index (χ1n) is 11.0. The van der Waals surface area contributed by atoms with Gasteiger partial charge in [0.25, 0.3) is 5.91 Å². The van der Waals surface area contributed by atoms with Gasteiger partial charge in [0.1, 0.15) is 11.4 Å². The number of amides is 2. The lowest BCUT2D eigenvalue weighted by Gasteiger charge is -2.27. The van der Waals surface area contributed by atoms with Crippen LogP contribution in [0.25, 0.3) is 22.6 Å². The summed E-state index contributed by atoms with van der Waals surface area (Å²) in [4.78, 5) is 25.8. The van der Waals surface area contributed by atoms with Crippen LogP contribution in [0.2, 0.25) is 0 Å². The monoisotopic (exact) mass is 447 g/mol. The van der Waals surface area contributed by atoms with Crippen molar-refractivity contribution in [3.05, 3.63) is 59.2 Å². The Morgan fingerprint density at radius 3 is 2.70 bits per heavy atom. The van der Waals surface area contributed by atoms with E-state index in [1.54, 1.807) is 42.3 Å². The van der Waals surface area contributed by atoms with Crippen LogP contribution in [-0.4, -0.2) is 46.2 Å². The molecule has 170 valence electrons. The lowest BCUT2D eigenvalue weighted by molar-refractivity contribution is 0.0667. The van der Waals surface area contributed by atoms with E-state index in [0.29, 0.717) is 58.8 Å². The SMILES string of the molecule is CN1Cc2cc(-c3cc(-c4cccc(C(N)=O)c4)no3)c(OC3CCC(O)CC3)cc2C1=O. The van der Waals surface area contributed by atoms with Crippen molar-refractivity contribution in [1.82, 2.24) is 10.1 Å². The average Bonchev–Trinajstić information content (AvgIpc) is 3.40. The van der Waals surface area contributed by atoms with E-state index in [0.717, 1.165) is 18.4 Å². The van der Waals surface area contributed by atoms with Crippen LogP contribution in [0.3, 0.4) is 0 Å². The second-order valence-corrected chi connectivity index (χ2v) is 8.74. The summed E-state index contributed by atoms with van der Waals surface area (Å²) in [6, 6.07) is 12.4. The minimum absolute atomic E-state index is 0.0398. The Morgan fingerprint density at radius 2 is 1.94 bits per heavy atom. The van der Waals surface area contributed by atoms with Gasteiger partial charge in [0, 0.05) is 36.3 Å². The summed E-state index contributed by atoms with van der Waals surface area (Å²) in [6.45, 7) is 0.513. The average molecular weight is 447 g/mol. The molecule has 3 aromatic rings. The van der Waals surface area contributed by atoms with Crippen LogP contribution < -0.4 is 10.5 Å². The topological polar surface area (TPSA) is 119 Å². The molecule has 1 saturated carbocycles. The molecule has 3 N–H and O–H groups in total. The van der Waals surface area contributed by atoms with Crippen molar-refractivity contribution in [2.45, 2.75) is 44.4 Å². The Morgan fingerprint density at radius 1 is 1.15 bits per heavy atom. The molecule has 2 aromatic carbocycles. The van der Waals surface area contributed by atoms with Gasteiger partial charge in [0.15, 0.2) is 5.76 Å². The van der Waals surface area contributed by atoms with Crippen LogP contribution in [-0.2, 0) is 6.54 Å². The van der Waals surface area contributed by atoms with Crippen LogP contribution in [0.4, 0.5) is 0 Å². The van der Waals surface area contributed by atoms with Crippen LogP contribution in [0.1, 0.15) is 52.0 Å². The summed E-state index contributed by atoms with van der Waals surface area (Å²) in [7, 11) is 1.77. The molecule has 0 bridgehead atoms. The summed E-state index contributed by atoms with van der Waals surface area (Å²) in [6.07, 6.45) is 2.53. The number of carbonyl (C=O) groups excluding carboxylic acids is 2. The summed E-state index contributed by atoms with van der Waals surface area (Å²) in [5.74, 6) is 0.515. The molecule has 8 nitrogen and oxygen atoms in total. The molecule has 1 aromatic heterocycles. The number of benzene rings is 2. The van der Waals surface area contributed by atoms with E-state index in [9.17, 15) is 14.7 Å². The first-order chi connectivity index (χ1) is 15.9. The molecule has 8 heteroatoms. The van der Waals surface area contributed by atoms with Crippen molar-refractivity contribution in [3.63, 3.8) is 0 Å². The third-order valence-corrected chi connectivity index (χ3v) is 6.35. The number of rotatable bonds is 5. The molecule has 0 unspecified atom stereocenters. The van der Waals surface area contributed by atoms with Crippen molar-refractivity contribution < 1.29 is 24.0 Å². The van der Waals surface area contributed by atoms with Gasteiger partial charge >= 0.3 is 0 Å². The van der Waals surface area contributed by atoms with Gasteiger partial charge < -0.3 is 25.0 Å². The third kappa shape index (κ3) is 4.09. The zero-order chi connectivity index (χ0) is 23.1. The van der Waals surface area contributed by atoms with Crippen molar-refractivity contribution in [3.8, 4) is 28.3 Å². The highest BCUT2D eigenvalue weighted by Gasteiger charge is 2.29. The quantitative estimate of drug-likeness (QED) is 0.619. The van der Waals surface area contributed by atoms with Gasteiger partial charge in [0.2, 0.25) is 5.91 Å². The molecule has 0 saturated heterocycles. The van der Waals surface area contributed by atoms with E-state index in [2.05, 4.69) is 5.16 Å². The normalized spacial score (nSPS) is 20.1. The second kappa shape index (κ2) is 8.37. The molecular weight excluding hydrogens is 422 g/mol. The summed E-state index contributed by atoms with van der Waals surface area (Å²) in [5, 5.41) is 14.0. The van der Waals surface area contributed by atoms with Gasteiger partial charge in [-0.1, -0.05) is 17.3 Å². The van der Waals surface area contributed by atoms with Crippen molar-refractivity contribution >= 4 is 11.8 Å². The van der Waals surface area contributed by atoms with E-state index in [1.165, 1.54) is 0 Å². The fraction of sp³-hybridized carbons (Fsp3) is 0.320. The molecule has 1 fully saturated rings. The Balaban J connectivity index is 1.52. The standard InChI is InChI=1S/C25H25N3O5/c1-28-13-16-10-20(22(11-19(16)25(28)31)32-18-7-5-17(29)6-8-18)23-12-21(27-33-23)14-3-2-4-15(9-14)24(26)30/h2-4,9-12,17-18,29H,5-8,13H2,1H3,(H2,26,30). The zero-order valence-corrected chi connectivity index (χ0v) is 18.3. The summed E-state index contributed by atoms with van der Waals surface area (Å²) < 4.78 is 12.0. The van der Waals surface area contributed by atoms with Crippen LogP contribution >= 0.6 is 0 Å². The Hall–Kier alpha value is -3.65. The molecule has 2 amide bonds. The lowest BCUT2D eigenvalue weighted by Crippen LogP contribution is -2.26. The maximum absolute atomic E-state index is 12.6. The number of carbonyl (C=O) groups is 2. The lowest BCUT2D eigenvalue weighted by atomic mass is 9.95. The van der Waals surface area contributed by atoms with Gasteiger partial charge in [-0.15, -0.1) is 0 Å². The Labute approximate surface area is 190 Å². The molecule has 0 atom stereocenters. The highest BCUT2D eigenvalue weighted by molar-refractivity contribution is 5.99. The first-order valence-corrected chi connectivity index (χ1v) is 11.0. The molecule has 33 heavy (non-hydrogen) atoms. The maximum atomic E-state index is 12.6. The van der Waals surface area contributed by atoms with E-state index in [-0.39, 0.29) is 18.1 Å². The number of aromatic nitrogens is 1. The van der Waals surface area contributed by atoms with E-state index >= 15 is 0 Å². The van der Waals surface area contributed by atoms with Gasteiger partial charge in [-0.05, 0) is 55.5 Å². The Bertz CT molecular complexity index is 1230. The van der Waals surface area contributed by atoms with Gasteiger partial charge in [-0.25, -0.2) is 0 Å². The molecule has 2 heterocycles. The van der Waals surface area contributed by atoms with Gasteiger partial charge in [-0.3, -0.25) is 9.59 Å². The maximum Gasteiger partial charge on any atom is 0.254 e. The van der Waals surface area contributed by atoms with E-state index in [1.807, 2.05) is 12.1 Å². The third-order valence-electron chi connectivity index (χ3n) is 6.35. The summed E-state index contributed by atoms with van der Waals surface area (Å²) >= 11 is 0. The first kappa shape index (κ1) is 21.2. The summed E-state index contributed by atoms with van der Waals surface area (Å²) in [5.41, 5.74) is 9.31. The number of hydrogen-bond donors (Lipinski definition) is 2. The highest BCUT2D eigenvalue weighted by Crippen LogP contribution is 2.39. The van der Waals surface area contributed by atoms with E-state index < -0.39 is 5.91 Å². The highest BCUT2D eigenvalue weighted by atomic mass is 16.5. The molecule has 0 spiro atoms. The number of fused-ring (bicyclic) bond motifs is 1. The number of aliphatic hydroxyl groups is 1. The van der Waals surface area contributed by atoms with Gasteiger partial charge in [-0.2, -0.15) is 0 Å². The largest absolute Gasteiger partial charge is 0.490 e. The van der Waals surface area contributed by atoms with E-state index in [4.69, 9.17) is 15.0 Å². The Kier molecular flexibility index (Phi) is 5.38. The number of nitrogens with two attached hydrogens (primary N) is 1. The smallest absolute Gasteiger partial charge is 0.254 e. The molecule has 1 aliphatic heterocycles. The number of primary amides is 1. The minimum atomic E-state index is -0.513. The van der Waals surface area contributed by atoms with Crippen molar-refractivity contribution in [2.75, 3.05) is 7.05 Å². The molecule has 1 aliphatic carbocycles. The van der Waals surface area contributed by atoms with Crippen LogP contribution in [0.5, 0.6) is 5.75 Å². The fourth-order valence-electron chi connectivity index (χ4n) is 4.49. The van der Waals surface area contributed by atoms with Crippen molar-refractivity contribution in [1.29, 1.82) is 0 Å². The molecule has 0 radical (unpaired) electrons. The fourth-order valence-corrected chi connectivity index (χ4v) is 4.49. The van der Waals surface area contributed by atoms with Gasteiger partial charge in [0.05, 0.1) is 17.8 Å². The predicted molar refractivity (Wildman–Crippen MR) is 121 cm³/mol. The predicted octanol–water partition coefficient (Wildman–Crippen LogP) is 3.38. The van der Waals surface area contributed by atoms with Crippen molar-refractivity contribution in [2.24, 2.45) is 5.73 Å². The zero-order valence-electron chi connectivity index (χ0n) is 18.3. The molecule has 2 aliphatic rings. The molecular formula is C25H25N3O5. The van der Waals surface area contributed by atoms with Crippen LogP contribution in [0, 0.1) is 0 Å². The number of ether oxygens (including phenoxy) is 1.